The maximum absolute atomic E-state index is 3.59. The number of benzene rings is 4. The van der Waals surface area contributed by atoms with E-state index in [2.05, 4.69) is 128 Å². The number of nitrogens with one attached hydrogen (secondary N) is 1. The fraction of sp³-hybridized carbons (Fsp3) is 0.0345. The van der Waals surface area contributed by atoms with Gasteiger partial charge in [0.25, 0.3) is 0 Å². The first-order valence-corrected chi connectivity index (χ1v) is 10.2. The third-order valence-corrected chi connectivity index (χ3v) is 4.97. The van der Waals surface area contributed by atoms with Gasteiger partial charge in [-0.2, -0.15) is 0 Å². The number of anilines is 2. The molecule has 1 nitrogen and oxygen atoms in total. The second kappa shape index (κ2) is 9.58. The van der Waals surface area contributed by atoms with Gasteiger partial charge >= 0.3 is 0 Å². The van der Waals surface area contributed by atoms with E-state index in [4.69, 9.17) is 0 Å². The smallest absolute Gasteiger partial charge is 0.0463 e. The number of hydrogen-bond donors (Lipinski definition) is 1. The second-order valence-electron chi connectivity index (χ2n) is 7.29. The summed E-state index contributed by atoms with van der Waals surface area (Å²) in [5, 5.41) is 3.59. The number of hydrogen-bond acceptors (Lipinski definition) is 1. The van der Waals surface area contributed by atoms with Gasteiger partial charge in [-0.05, 0) is 41.8 Å². The van der Waals surface area contributed by atoms with E-state index in [1.165, 1.54) is 22.3 Å². The topological polar surface area (TPSA) is 12.0 Å². The highest BCUT2D eigenvalue weighted by Gasteiger charge is 2.05. The molecule has 0 aromatic heterocycles. The minimum absolute atomic E-state index is 1.08. The maximum Gasteiger partial charge on any atom is 0.0463 e. The molecule has 0 unspecified atom stereocenters. The van der Waals surface area contributed by atoms with Gasteiger partial charge in [-0.3, -0.25) is 0 Å². The third-order valence-electron chi connectivity index (χ3n) is 4.97. The van der Waals surface area contributed by atoms with Crippen LogP contribution in [-0.4, -0.2) is 0 Å². The lowest BCUT2D eigenvalue weighted by Gasteiger charge is -2.13. The third kappa shape index (κ3) is 5.15. The highest BCUT2D eigenvalue weighted by Crippen LogP contribution is 2.28. The Morgan fingerprint density at radius 1 is 0.533 bits per heavy atom. The van der Waals surface area contributed by atoms with Crippen molar-refractivity contribution in [2.24, 2.45) is 0 Å². The number of rotatable bonds is 6. The van der Waals surface area contributed by atoms with Crippen LogP contribution in [-0.2, 0) is 0 Å². The Morgan fingerprint density at radius 2 is 1.13 bits per heavy atom. The average molecular weight is 388 g/mol. The molecule has 0 aliphatic rings. The van der Waals surface area contributed by atoms with Gasteiger partial charge in [-0.15, -0.1) is 0 Å². The molecule has 1 N–H and O–H groups in total. The van der Waals surface area contributed by atoms with Crippen molar-refractivity contribution in [2.75, 3.05) is 5.32 Å². The molecule has 0 spiro atoms. The summed E-state index contributed by atoms with van der Waals surface area (Å²) < 4.78 is 0. The first kappa shape index (κ1) is 19.5. The summed E-state index contributed by atoms with van der Waals surface area (Å²) >= 11 is 0. The molecule has 4 rings (SSSR count). The van der Waals surface area contributed by atoms with Crippen molar-refractivity contribution in [3.05, 3.63) is 131 Å². The molecule has 30 heavy (non-hydrogen) atoms. The Labute approximate surface area is 179 Å². The lowest BCUT2D eigenvalue weighted by atomic mass is 10.0. The summed E-state index contributed by atoms with van der Waals surface area (Å²) in [5.74, 6) is 0. The molecule has 0 bridgehead atoms. The molecule has 0 aliphatic carbocycles. The van der Waals surface area contributed by atoms with Crippen LogP contribution in [0.1, 0.15) is 27.8 Å². The first-order chi connectivity index (χ1) is 14.8. The van der Waals surface area contributed by atoms with Crippen molar-refractivity contribution in [2.45, 2.75) is 6.92 Å². The summed E-state index contributed by atoms with van der Waals surface area (Å²) in [4.78, 5) is 0. The molecule has 0 aliphatic heterocycles. The molecular formula is C29H25N. The predicted octanol–water partition coefficient (Wildman–Crippen LogP) is 8.08. The van der Waals surface area contributed by atoms with Crippen molar-refractivity contribution in [1.29, 1.82) is 0 Å². The first-order valence-electron chi connectivity index (χ1n) is 10.2. The Morgan fingerprint density at radius 3 is 1.77 bits per heavy atom. The van der Waals surface area contributed by atoms with Crippen LogP contribution in [0.5, 0.6) is 0 Å². The van der Waals surface area contributed by atoms with E-state index in [9.17, 15) is 0 Å². The summed E-state index contributed by atoms with van der Waals surface area (Å²) in [6.07, 6.45) is 8.69. The average Bonchev–Trinajstić information content (AvgIpc) is 2.80. The van der Waals surface area contributed by atoms with E-state index in [1.807, 2.05) is 12.1 Å². The van der Waals surface area contributed by atoms with E-state index in [1.54, 1.807) is 0 Å². The molecule has 0 radical (unpaired) electrons. The minimum atomic E-state index is 1.08. The largest absolute Gasteiger partial charge is 0.355 e. The summed E-state index contributed by atoms with van der Waals surface area (Å²) in [6, 6.07) is 35.7. The van der Waals surface area contributed by atoms with Gasteiger partial charge in [0.15, 0.2) is 0 Å². The van der Waals surface area contributed by atoms with Gasteiger partial charge in [0.05, 0.1) is 0 Å². The monoisotopic (exact) mass is 387 g/mol. The van der Waals surface area contributed by atoms with E-state index >= 15 is 0 Å². The molecule has 0 saturated heterocycles. The zero-order valence-electron chi connectivity index (χ0n) is 17.1. The summed E-state index contributed by atoms with van der Waals surface area (Å²) in [7, 11) is 0. The van der Waals surface area contributed by atoms with E-state index in [0.29, 0.717) is 0 Å². The van der Waals surface area contributed by atoms with Gasteiger partial charge in [-0.25, -0.2) is 0 Å². The molecule has 0 amide bonds. The fourth-order valence-electron chi connectivity index (χ4n) is 3.31. The minimum Gasteiger partial charge on any atom is -0.355 e. The fourth-order valence-corrected chi connectivity index (χ4v) is 3.31. The van der Waals surface area contributed by atoms with E-state index in [0.717, 1.165) is 16.9 Å². The van der Waals surface area contributed by atoms with E-state index in [-0.39, 0.29) is 0 Å². The SMILES string of the molecule is Cc1ccc(Nc2cccc(C=Cc3ccccc3)c2C=Cc2ccccc2)cc1. The van der Waals surface area contributed by atoms with Crippen LogP contribution in [0.4, 0.5) is 11.4 Å². The molecule has 4 aromatic rings. The quantitative estimate of drug-likeness (QED) is 0.330. The maximum atomic E-state index is 3.59. The van der Waals surface area contributed by atoms with Crippen LogP contribution in [0.15, 0.2) is 103 Å². The normalized spacial score (nSPS) is 11.2. The lowest BCUT2D eigenvalue weighted by Crippen LogP contribution is -1.95. The Kier molecular flexibility index (Phi) is 6.22. The summed E-state index contributed by atoms with van der Waals surface area (Å²) in [6.45, 7) is 2.10. The zero-order chi connectivity index (χ0) is 20.6. The molecule has 0 fully saturated rings. The molecule has 1 heteroatoms. The molecule has 0 atom stereocenters. The Bertz CT molecular complexity index is 1140. The van der Waals surface area contributed by atoms with E-state index < -0.39 is 0 Å². The highest BCUT2D eigenvalue weighted by molar-refractivity contribution is 5.86. The Balaban J connectivity index is 1.72. The van der Waals surface area contributed by atoms with Crippen LogP contribution in [0.2, 0.25) is 0 Å². The lowest BCUT2D eigenvalue weighted by molar-refractivity contribution is 1.45. The van der Waals surface area contributed by atoms with Crippen LogP contribution in [0.3, 0.4) is 0 Å². The van der Waals surface area contributed by atoms with Crippen molar-refractivity contribution >= 4 is 35.7 Å². The van der Waals surface area contributed by atoms with Gasteiger partial charge in [0, 0.05) is 16.9 Å². The van der Waals surface area contributed by atoms with Crippen LogP contribution in [0.25, 0.3) is 24.3 Å². The highest BCUT2D eigenvalue weighted by atomic mass is 14.9. The molecule has 4 aromatic carbocycles. The molecule has 0 saturated carbocycles. The van der Waals surface area contributed by atoms with Gasteiger partial charge in [-0.1, -0.05) is 115 Å². The van der Waals surface area contributed by atoms with Crippen molar-refractivity contribution in [1.82, 2.24) is 0 Å². The van der Waals surface area contributed by atoms with Gasteiger partial charge in [0.1, 0.15) is 0 Å². The summed E-state index contributed by atoms with van der Waals surface area (Å²) in [5.41, 5.74) is 8.12. The molecule has 0 heterocycles. The predicted molar refractivity (Wildman–Crippen MR) is 132 cm³/mol. The van der Waals surface area contributed by atoms with Crippen LogP contribution < -0.4 is 5.32 Å². The van der Waals surface area contributed by atoms with Crippen molar-refractivity contribution in [3.63, 3.8) is 0 Å². The van der Waals surface area contributed by atoms with Crippen LogP contribution in [0, 0.1) is 6.92 Å². The molecule has 146 valence electrons. The van der Waals surface area contributed by atoms with Crippen LogP contribution >= 0.6 is 0 Å². The van der Waals surface area contributed by atoms with Gasteiger partial charge < -0.3 is 5.32 Å². The van der Waals surface area contributed by atoms with Crippen molar-refractivity contribution < 1.29 is 0 Å². The Hall–Kier alpha value is -3.84. The van der Waals surface area contributed by atoms with Crippen molar-refractivity contribution in [3.8, 4) is 0 Å². The standard InChI is InChI=1S/C29H25N/c1-23-15-20-27(21-16-23)30-29-14-8-13-26(19-17-24-9-4-2-5-10-24)28(29)22-18-25-11-6-3-7-12-25/h2-22,30H,1H3. The molecular weight excluding hydrogens is 362 g/mol. The zero-order valence-corrected chi connectivity index (χ0v) is 17.1. The van der Waals surface area contributed by atoms with Gasteiger partial charge in [0.2, 0.25) is 0 Å². The second-order valence-corrected chi connectivity index (χ2v) is 7.29. The number of aryl methyl sites for hydroxylation is 1.